The monoisotopic (exact) mass is 225 g/mol. The zero-order valence-corrected chi connectivity index (χ0v) is 9.41. The largest absolute Gasteiger partial charge is 0.383 e. The molecule has 14 heavy (non-hydrogen) atoms. The highest BCUT2D eigenvalue weighted by Gasteiger charge is 2.01. The van der Waals surface area contributed by atoms with Gasteiger partial charge in [-0.1, -0.05) is 0 Å². The van der Waals surface area contributed by atoms with Crippen molar-refractivity contribution in [3.63, 3.8) is 0 Å². The van der Waals surface area contributed by atoms with Gasteiger partial charge in [0.2, 0.25) is 0 Å². The van der Waals surface area contributed by atoms with Crippen molar-refractivity contribution in [3.8, 4) is 0 Å². The van der Waals surface area contributed by atoms with E-state index in [4.69, 9.17) is 5.73 Å². The first-order valence-electron chi connectivity index (χ1n) is 4.23. The molecule has 0 aliphatic heterocycles. The summed E-state index contributed by atoms with van der Waals surface area (Å²) in [5.41, 5.74) is 8.19. The predicted octanol–water partition coefficient (Wildman–Crippen LogP) is 2.71. The maximum absolute atomic E-state index is 5.52. The molecule has 0 aliphatic rings. The fourth-order valence-electron chi connectivity index (χ4n) is 1.12. The third-order valence-corrected chi connectivity index (χ3v) is 3.61. The molecule has 0 saturated heterocycles. The Morgan fingerprint density at radius 1 is 1.50 bits per heavy atom. The smallest absolute Gasteiger partial charge is 0.139 e. The van der Waals surface area contributed by atoms with Gasteiger partial charge in [-0.05, 0) is 40.3 Å². The lowest BCUT2D eigenvalue weighted by molar-refractivity contribution is 1.15. The second-order valence-electron chi connectivity index (χ2n) is 3.05. The summed E-state index contributed by atoms with van der Waals surface area (Å²) in [7, 11) is 0. The lowest BCUT2D eigenvalue weighted by Gasteiger charge is -2.01. The SMILES string of the molecule is Cc1cscc1CNc1cc(N)ns1. The lowest BCUT2D eigenvalue weighted by atomic mass is 10.2. The number of nitrogens with zero attached hydrogens (tertiary/aromatic N) is 1. The predicted molar refractivity (Wildman–Crippen MR) is 62.9 cm³/mol. The molecule has 0 unspecified atom stereocenters. The molecule has 0 aromatic carbocycles. The van der Waals surface area contributed by atoms with E-state index in [9.17, 15) is 0 Å². The Labute approximate surface area is 90.7 Å². The average Bonchev–Trinajstić information content (AvgIpc) is 2.72. The fourth-order valence-corrected chi connectivity index (χ4v) is 2.55. The molecule has 3 N–H and O–H groups in total. The van der Waals surface area contributed by atoms with Crippen LogP contribution in [-0.2, 0) is 6.54 Å². The summed E-state index contributed by atoms with van der Waals surface area (Å²) in [5.74, 6) is 0.583. The molecular weight excluding hydrogens is 214 g/mol. The highest BCUT2D eigenvalue weighted by atomic mass is 32.1. The van der Waals surface area contributed by atoms with Gasteiger partial charge in [-0.25, -0.2) is 0 Å². The number of thiophene rings is 1. The van der Waals surface area contributed by atoms with Gasteiger partial charge in [0.15, 0.2) is 0 Å². The van der Waals surface area contributed by atoms with Crippen LogP contribution in [0.5, 0.6) is 0 Å². The summed E-state index contributed by atoms with van der Waals surface area (Å²) in [5, 5.41) is 8.62. The molecule has 0 bridgehead atoms. The van der Waals surface area contributed by atoms with Crippen LogP contribution in [0.3, 0.4) is 0 Å². The number of nitrogens with two attached hydrogens (primary N) is 1. The van der Waals surface area contributed by atoms with E-state index < -0.39 is 0 Å². The van der Waals surface area contributed by atoms with Crippen molar-refractivity contribution in [2.24, 2.45) is 0 Å². The summed E-state index contributed by atoms with van der Waals surface area (Å²) in [6, 6.07) is 1.85. The minimum Gasteiger partial charge on any atom is -0.383 e. The molecule has 0 spiro atoms. The Morgan fingerprint density at radius 3 is 2.93 bits per heavy atom. The number of nitrogen functional groups attached to an aromatic ring is 1. The molecule has 0 aliphatic carbocycles. The molecule has 0 saturated carbocycles. The molecular formula is C9H11N3S2. The fraction of sp³-hybridized carbons (Fsp3) is 0.222. The average molecular weight is 225 g/mol. The van der Waals surface area contributed by atoms with Crippen LogP contribution in [0.15, 0.2) is 16.8 Å². The third-order valence-electron chi connectivity index (χ3n) is 1.94. The van der Waals surface area contributed by atoms with Gasteiger partial charge in [-0.3, -0.25) is 0 Å². The van der Waals surface area contributed by atoms with Crippen molar-refractivity contribution in [1.82, 2.24) is 4.37 Å². The first kappa shape index (κ1) is 9.48. The molecule has 2 rings (SSSR count). The van der Waals surface area contributed by atoms with E-state index in [1.165, 1.54) is 22.7 Å². The Kier molecular flexibility index (Phi) is 2.69. The van der Waals surface area contributed by atoms with E-state index in [1.54, 1.807) is 11.3 Å². The second-order valence-corrected chi connectivity index (χ2v) is 4.60. The van der Waals surface area contributed by atoms with Crippen molar-refractivity contribution < 1.29 is 0 Å². The second kappa shape index (κ2) is 3.98. The van der Waals surface area contributed by atoms with Gasteiger partial charge in [0, 0.05) is 12.6 Å². The summed E-state index contributed by atoms with van der Waals surface area (Å²) >= 11 is 3.12. The summed E-state index contributed by atoms with van der Waals surface area (Å²) < 4.78 is 4.00. The van der Waals surface area contributed by atoms with Crippen molar-refractivity contribution in [1.29, 1.82) is 0 Å². The zero-order valence-electron chi connectivity index (χ0n) is 7.78. The van der Waals surface area contributed by atoms with E-state index in [-0.39, 0.29) is 0 Å². The molecule has 0 fully saturated rings. The lowest BCUT2D eigenvalue weighted by Crippen LogP contribution is -1.97. The number of nitrogens with one attached hydrogen (secondary N) is 1. The molecule has 0 atom stereocenters. The van der Waals surface area contributed by atoms with Crippen molar-refractivity contribution in [2.75, 3.05) is 11.1 Å². The summed E-state index contributed by atoms with van der Waals surface area (Å²) in [6.07, 6.45) is 0. The standard InChI is InChI=1S/C9H11N3S2/c1-6-4-13-5-7(6)3-11-9-2-8(10)12-14-9/h2,4-5,11H,3H2,1H3,(H2,10,12). The number of anilines is 2. The maximum atomic E-state index is 5.52. The Morgan fingerprint density at radius 2 is 2.36 bits per heavy atom. The van der Waals surface area contributed by atoms with Gasteiger partial charge < -0.3 is 11.1 Å². The van der Waals surface area contributed by atoms with Crippen LogP contribution in [0.2, 0.25) is 0 Å². The van der Waals surface area contributed by atoms with Crippen LogP contribution in [-0.4, -0.2) is 4.37 Å². The molecule has 2 heterocycles. The van der Waals surface area contributed by atoms with E-state index in [0.29, 0.717) is 5.82 Å². The van der Waals surface area contributed by atoms with Crippen LogP contribution in [0.1, 0.15) is 11.1 Å². The van der Waals surface area contributed by atoms with E-state index in [1.807, 2.05) is 6.07 Å². The topological polar surface area (TPSA) is 50.9 Å². The van der Waals surface area contributed by atoms with Crippen LogP contribution < -0.4 is 11.1 Å². The quantitative estimate of drug-likeness (QED) is 0.844. The van der Waals surface area contributed by atoms with Gasteiger partial charge in [0.25, 0.3) is 0 Å². The van der Waals surface area contributed by atoms with E-state index in [0.717, 1.165) is 11.5 Å². The van der Waals surface area contributed by atoms with E-state index >= 15 is 0 Å². The van der Waals surface area contributed by atoms with Crippen LogP contribution in [0.4, 0.5) is 10.8 Å². The molecule has 3 nitrogen and oxygen atoms in total. The minimum atomic E-state index is 0.583. The van der Waals surface area contributed by atoms with Crippen molar-refractivity contribution in [2.45, 2.75) is 13.5 Å². The Bertz CT molecular complexity index is 419. The third kappa shape index (κ3) is 2.05. The Hall–Kier alpha value is -1.07. The Balaban J connectivity index is 1.98. The minimum absolute atomic E-state index is 0.583. The van der Waals surface area contributed by atoms with Gasteiger partial charge in [0.1, 0.15) is 10.8 Å². The normalized spacial score (nSPS) is 10.4. The molecule has 2 aromatic rings. The number of hydrogen-bond acceptors (Lipinski definition) is 5. The van der Waals surface area contributed by atoms with Gasteiger partial charge in [-0.2, -0.15) is 15.7 Å². The van der Waals surface area contributed by atoms with Crippen LogP contribution in [0, 0.1) is 6.92 Å². The number of aryl methyl sites for hydroxylation is 1. The highest BCUT2D eigenvalue weighted by molar-refractivity contribution is 7.10. The molecule has 2 aromatic heterocycles. The van der Waals surface area contributed by atoms with Crippen molar-refractivity contribution >= 4 is 33.7 Å². The van der Waals surface area contributed by atoms with Gasteiger partial charge in [0.05, 0.1) is 0 Å². The van der Waals surface area contributed by atoms with Crippen LogP contribution in [0.25, 0.3) is 0 Å². The molecule has 0 amide bonds. The molecule has 0 radical (unpaired) electrons. The summed E-state index contributed by atoms with van der Waals surface area (Å²) in [4.78, 5) is 0. The summed E-state index contributed by atoms with van der Waals surface area (Å²) in [6.45, 7) is 2.96. The maximum Gasteiger partial charge on any atom is 0.139 e. The number of rotatable bonds is 3. The van der Waals surface area contributed by atoms with Crippen LogP contribution >= 0.6 is 22.9 Å². The zero-order chi connectivity index (χ0) is 9.97. The van der Waals surface area contributed by atoms with Gasteiger partial charge >= 0.3 is 0 Å². The first-order valence-corrected chi connectivity index (χ1v) is 5.95. The van der Waals surface area contributed by atoms with E-state index in [2.05, 4.69) is 27.4 Å². The first-order chi connectivity index (χ1) is 6.75. The molecule has 74 valence electrons. The number of hydrogen-bond donors (Lipinski definition) is 2. The van der Waals surface area contributed by atoms with Gasteiger partial charge in [-0.15, -0.1) is 0 Å². The molecule has 5 heteroatoms. The number of aromatic nitrogens is 1. The van der Waals surface area contributed by atoms with Crippen molar-refractivity contribution in [3.05, 3.63) is 28.0 Å². The highest BCUT2D eigenvalue weighted by Crippen LogP contribution is 2.20.